The van der Waals surface area contributed by atoms with Crippen LogP contribution in [0.1, 0.15) is 41.4 Å². The van der Waals surface area contributed by atoms with E-state index in [4.69, 9.17) is 9.97 Å². The maximum absolute atomic E-state index is 4.94. The average molecular weight is 323 g/mol. The first kappa shape index (κ1) is 15.7. The van der Waals surface area contributed by atoms with Gasteiger partial charge in [-0.3, -0.25) is 9.88 Å². The number of likely N-dealkylation sites (N-methyl/N-ethyl adjacent to an activating group) is 1. The van der Waals surface area contributed by atoms with E-state index in [2.05, 4.69) is 40.2 Å². The smallest absolute Gasteiger partial charge is 0.132 e. The van der Waals surface area contributed by atoms with Crippen molar-refractivity contribution in [2.24, 2.45) is 0 Å². The number of aromatic nitrogens is 3. The van der Waals surface area contributed by atoms with Gasteiger partial charge in [0.15, 0.2) is 0 Å². The van der Waals surface area contributed by atoms with Gasteiger partial charge in [-0.2, -0.15) is 0 Å². The second-order valence-corrected chi connectivity index (χ2v) is 7.12. The van der Waals surface area contributed by atoms with E-state index in [1.807, 2.05) is 12.4 Å². The third-order valence-electron chi connectivity index (χ3n) is 5.18. The Morgan fingerprint density at radius 2 is 2.08 bits per heavy atom. The topological polar surface area (TPSA) is 45.2 Å². The fraction of sp³-hybridized carbons (Fsp3) is 0.526. The standard InChI is InChI=1S/C19H25N5/c1-23-9-2-3-16(13-23)19-21-11-17-14-24(10-6-18(17)22-19)12-15-4-7-20-8-5-15/h4-5,7-8,11,16H,2-3,6,9-10,12-14H2,1H3. The summed E-state index contributed by atoms with van der Waals surface area (Å²) in [6.45, 7) is 5.27. The van der Waals surface area contributed by atoms with Crippen LogP contribution in [0.2, 0.25) is 0 Å². The molecule has 0 radical (unpaired) electrons. The van der Waals surface area contributed by atoms with E-state index in [-0.39, 0.29) is 0 Å². The van der Waals surface area contributed by atoms with Gasteiger partial charge in [0.05, 0.1) is 0 Å². The van der Waals surface area contributed by atoms with Crippen LogP contribution in [0.15, 0.2) is 30.7 Å². The summed E-state index contributed by atoms with van der Waals surface area (Å²) in [5, 5.41) is 0. The van der Waals surface area contributed by atoms with Crippen molar-refractivity contribution >= 4 is 0 Å². The summed E-state index contributed by atoms with van der Waals surface area (Å²) in [4.78, 5) is 18.6. The van der Waals surface area contributed by atoms with Gasteiger partial charge in [-0.1, -0.05) is 0 Å². The lowest BCUT2D eigenvalue weighted by atomic mass is 9.97. The van der Waals surface area contributed by atoms with Gasteiger partial charge in [0.25, 0.3) is 0 Å². The Hall–Kier alpha value is -1.85. The Kier molecular flexibility index (Phi) is 4.54. The van der Waals surface area contributed by atoms with E-state index in [0.717, 1.165) is 38.4 Å². The fourth-order valence-electron chi connectivity index (χ4n) is 3.85. The van der Waals surface area contributed by atoms with Crippen molar-refractivity contribution in [1.82, 2.24) is 24.8 Å². The highest BCUT2D eigenvalue weighted by Gasteiger charge is 2.24. The monoisotopic (exact) mass is 323 g/mol. The average Bonchev–Trinajstić information content (AvgIpc) is 2.62. The number of pyridine rings is 1. The van der Waals surface area contributed by atoms with Gasteiger partial charge in [-0.05, 0) is 44.1 Å². The third-order valence-corrected chi connectivity index (χ3v) is 5.18. The van der Waals surface area contributed by atoms with Gasteiger partial charge >= 0.3 is 0 Å². The molecule has 0 aliphatic carbocycles. The molecule has 5 nitrogen and oxygen atoms in total. The Bertz CT molecular complexity index is 687. The lowest BCUT2D eigenvalue weighted by Gasteiger charge is -2.31. The minimum Gasteiger partial charge on any atom is -0.306 e. The molecule has 126 valence electrons. The summed E-state index contributed by atoms with van der Waals surface area (Å²) in [6.07, 6.45) is 9.30. The number of nitrogens with zero attached hydrogens (tertiary/aromatic N) is 5. The minimum absolute atomic E-state index is 0.504. The molecule has 2 aliphatic rings. The van der Waals surface area contributed by atoms with Crippen LogP contribution < -0.4 is 0 Å². The number of likely N-dealkylation sites (tertiary alicyclic amines) is 1. The van der Waals surface area contributed by atoms with Crippen LogP contribution >= 0.6 is 0 Å². The summed E-state index contributed by atoms with van der Waals surface area (Å²) >= 11 is 0. The molecule has 2 aliphatic heterocycles. The maximum atomic E-state index is 4.94. The lowest BCUT2D eigenvalue weighted by molar-refractivity contribution is 0.236. The van der Waals surface area contributed by atoms with Crippen molar-refractivity contribution in [3.8, 4) is 0 Å². The largest absolute Gasteiger partial charge is 0.306 e. The number of piperidine rings is 1. The first-order valence-electron chi connectivity index (χ1n) is 8.92. The van der Waals surface area contributed by atoms with Gasteiger partial charge in [0.1, 0.15) is 5.82 Å². The van der Waals surface area contributed by atoms with Crippen LogP contribution in [0.3, 0.4) is 0 Å². The van der Waals surface area contributed by atoms with E-state index < -0.39 is 0 Å². The second-order valence-electron chi connectivity index (χ2n) is 7.12. The molecule has 0 spiro atoms. The van der Waals surface area contributed by atoms with Gasteiger partial charge in [-0.25, -0.2) is 9.97 Å². The summed E-state index contributed by atoms with van der Waals surface area (Å²) in [5.74, 6) is 1.56. The molecule has 5 heteroatoms. The first-order chi connectivity index (χ1) is 11.8. The van der Waals surface area contributed by atoms with Crippen molar-refractivity contribution in [1.29, 1.82) is 0 Å². The molecule has 1 fully saturated rings. The Morgan fingerprint density at radius 3 is 2.92 bits per heavy atom. The zero-order valence-corrected chi connectivity index (χ0v) is 14.4. The number of hydrogen-bond donors (Lipinski definition) is 0. The van der Waals surface area contributed by atoms with Crippen LogP contribution in [-0.2, 0) is 19.5 Å². The van der Waals surface area contributed by atoms with E-state index >= 15 is 0 Å². The minimum atomic E-state index is 0.504. The zero-order chi connectivity index (χ0) is 16.4. The van der Waals surface area contributed by atoms with Crippen LogP contribution in [0.4, 0.5) is 0 Å². The van der Waals surface area contributed by atoms with Crippen LogP contribution in [-0.4, -0.2) is 51.4 Å². The van der Waals surface area contributed by atoms with Crippen molar-refractivity contribution in [2.45, 2.75) is 38.3 Å². The number of rotatable bonds is 3. The highest BCUT2D eigenvalue weighted by atomic mass is 15.1. The van der Waals surface area contributed by atoms with Crippen LogP contribution in [0.25, 0.3) is 0 Å². The van der Waals surface area contributed by atoms with E-state index in [0.29, 0.717) is 5.92 Å². The van der Waals surface area contributed by atoms with E-state index in [1.54, 1.807) is 0 Å². The van der Waals surface area contributed by atoms with Crippen molar-refractivity contribution < 1.29 is 0 Å². The van der Waals surface area contributed by atoms with Crippen LogP contribution in [0, 0.1) is 0 Å². The molecule has 0 aromatic carbocycles. The van der Waals surface area contributed by atoms with Gasteiger partial charge in [-0.15, -0.1) is 0 Å². The molecule has 0 saturated carbocycles. The number of hydrogen-bond acceptors (Lipinski definition) is 5. The predicted molar refractivity (Wildman–Crippen MR) is 93.6 cm³/mol. The normalized spacial score (nSPS) is 22.3. The first-order valence-corrected chi connectivity index (χ1v) is 8.92. The molecule has 0 N–H and O–H groups in total. The fourth-order valence-corrected chi connectivity index (χ4v) is 3.85. The predicted octanol–water partition coefficient (Wildman–Crippen LogP) is 2.24. The molecular formula is C19H25N5. The van der Waals surface area contributed by atoms with Crippen molar-refractivity contribution in [3.05, 3.63) is 53.4 Å². The summed E-state index contributed by atoms with van der Waals surface area (Å²) in [7, 11) is 2.20. The molecular weight excluding hydrogens is 298 g/mol. The Labute approximate surface area is 143 Å². The summed E-state index contributed by atoms with van der Waals surface area (Å²) in [6, 6.07) is 4.18. The van der Waals surface area contributed by atoms with Gasteiger partial charge in [0, 0.05) is 68.4 Å². The van der Waals surface area contributed by atoms with E-state index in [1.165, 1.54) is 36.2 Å². The SMILES string of the molecule is CN1CCCC(c2ncc3c(n2)CCN(Cc2ccncc2)C3)C1. The number of fused-ring (bicyclic) bond motifs is 1. The third kappa shape index (κ3) is 3.47. The molecule has 1 saturated heterocycles. The van der Waals surface area contributed by atoms with Crippen LogP contribution in [0.5, 0.6) is 0 Å². The molecule has 0 amide bonds. The molecule has 24 heavy (non-hydrogen) atoms. The molecule has 4 heterocycles. The summed E-state index contributed by atoms with van der Waals surface area (Å²) < 4.78 is 0. The lowest BCUT2D eigenvalue weighted by Crippen LogP contribution is -2.33. The summed E-state index contributed by atoms with van der Waals surface area (Å²) in [5.41, 5.74) is 3.87. The second kappa shape index (κ2) is 6.95. The molecule has 0 bridgehead atoms. The van der Waals surface area contributed by atoms with Crippen molar-refractivity contribution in [3.63, 3.8) is 0 Å². The maximum Gasteiger partial charge on any atom is 0.132 e. The molecule has 4 rings (SSSR count). The highest BCUT2D eigenvalue weighted by molar-refractivity contribution is 5.22. The van der Waals surface area contributed by atoms with E-state index in [9.17, 15) is 0 Å². The molecule has 1 unspecified atom stereocenters. The highest BCUT2D eigenvalue weighted by Crippen LogP contribution is 2.26. The van der Waals surface area contributed by atoms with Gasteiger partial charge in [0.2, 0.25) is 0 Å². The Balaban J connectivity index is 1.45. The molecule has 1 atom stereocenters. The van der Waals surface area contributed by atoms with Gasteiger partial charge < -0.3 is 4.90 Å². The Morgan fingerprint density at radius 1 is 1.21 bits per heavy atom. The zero-order valence-electron chi connectivity index (χ0n) is 14.4. The molecule has 2 aromatic heterocycles. The van der Waals surface area contributed by atoms with Crippen molar-refractivity contribution in [2.75, 3.05) is 26.7 Å². The quantitative estimate of drug-likeness (QED) is 0.867. The molecule has 2 aromatic rings.